The first-order valence-electron chi connectivity index (χ1n) is 4.69. The Kier molecular flexibility index (Phi) is 6.74. The molecule has 1 amide bonds. The predicted octanol–water partition coefficient (Wildman–Crippen LogP) is -0.336. The molecule has 0 saturated heterocycles. The van der Waals surface area contributed by atoms with Crippen molar-refractivity contribution in [1.29, 1.82) is 0 Å². The Morgan fingerprint density at radius 1 is 1.43 bits per heavy atom. The van der Waals surface area contributed by atoms with Crippen LogP contribution in [0.25, 0.3) is 0 Å². The number of hydrogen-bond donors (Lipinski definition) is 2. The monoisotopic (exact) mass is 202 g/mol. The number of nitrogens with one attached hydrogen (secondary N) is 2. The molecule has 0 fully saturated rings. The first-order chi connectivity index (χ1) is 6.60. The fourth-order valence-electron chi connectivity index (χ4n) is 0.897. The third-order valence-corrected chi connectivity index (χ3v) is 1.67. The zero-order valence-corrected chi connectivity index (χ0v) is 8.92. The molecule has 14 heavy (non-hydrogen) atoms. The minimum Gasteiger partial charge on any atom is -0.466 e. The van der Waals surface area contributed by atoms with Gasteiger partial charge in [0.15, 0.2) is 0 Å². The van der Waals surface area contributed by atoms with Gasteiger partial charge in [0.1, 0.15) is 0 Å². The van der Waals surface area contributed by atoms with E-state index in [1.54, 1.807) is 14.0 Å². The molecule has 0 aromatic heterocycles. The molecule has 0 bridgehead atoms. The van der Waals surface area contributed by atoms with Crippen LogP contribution in [0.3, 0.4) is 0 Å². The Morgan fingerprint density at radius 3 is 2.57 bits per heavy atom. The Balaban J connectivity index is 3.59. The van der Waals surface area contributed by atoms with Crippen LogP contribution in [0.2, 0.25) is 0 Å². The molecular weight excluding hydrogens is 184 g/mol. The van der Waals surface area contributed by atoms with Crippen LogP contribution in [-0.2, 0) is 14.3 Å². The Morgan fingerprint density at radius 2 is 2.07 bits per heavy atom. The number of carbonyl (C=O) groups excluding carboxylic acids is 2. The van der Waals surface area contributed by atoms with Gasteiger partial charge in [0, 0.05) is 13.1 Å². The maximum atomic E-state index is 11.0. The molecule has 0 rings (SSSR count). The number of esters is 1. The van der Waals surface area contributed by atoms with Crippen molar-refractivity contribution in [2.75, 3.05) is 20.2 Å². The van der Waals surface area contributed by atoms with Crippen LogP contribution in [0.4, 0.5) is 0 Å². The SMILES string of the molecule is CCOC(=O)CC(C)NCC(=O)NC. The van der Waals surface area contributed by atoms with Crippen LogP contribution in [0.15, 0.2) is 0 Å². The summed E-state index contributed by atoms with van der Waals surface area (Å²) in [6, 6.07) is -0.0497. The van der Waals surface area contributed by atoms with Gasteiger partial charge in [-0.25, -0.2) is 0 Å². The fraction of sp³-hybridized carbons (Fsp3) is 0.778. The molecule has 1 atom stereocenters. The second-order valence-electron chi connectivity index (χ2n) is 2.96. The molecule has 0 aliphatic rings. The van der Waals surface area contributed by atoms with Gasteiger partial charge in [0.25, 0.3) is 0 Å². The quantitative estimate of drug-likeness (QED) is 0.578. The Hall–Kier alpha value is -1.10. The van der Waals surface area contributed by atoms with Gasteiger partial charge in [0.2, 0.25) is 5.91 Å². The number of amides is 1. The topological polar surface area (TPSA) is 67.4 Å². The van der Waals surface area contributed by atoms with Crippen LogP contribution in [-0.4, -0.2) is 38.1 Å². The average Bonchev–Trinajstić information content (AvgIpc) is 2.14. The number of ether oxygens (including phenoxy) is 1. The lowest BCUT2D eigenvalue weighted by molar-refractivity contribution is -0.143. The average molecular weight is 202 g/mol. The van der Waals surface area contributed by atoms with E-state index in [1.807, 2.05) is 6.92 Å². The summed E-state index contributed by atoms with van der Waals surface area (Å²) in [5.41, 5.74) is 0. The lowest BCUT2D eigenvalue weighted by Crippen LogP contribution is -2.37. The summed E-state index contributed by atoms with van der Waals surface area (Å²) in [5.74, 6) is -0.342. The van der Waals surface area contributed by atoms with Crippen molar-refractivity contribution >= 4 is 11.9 Å². The zero-order valence-electron chi connectivity index (χ0n) is 8.92. The van der Waals surface area contributed by atoms with E-state index < -0.39 is 0 Å². The van der Waals surface area contributed by atoms with Crippen LogP contribution in [0.5, 0.6) is 0 Å². The molecule has 0 aromatic carbocycles. The summed E-state index contributed by atoms with van der Waals surface area (Å²) >= 11 is 0. The van der Waals surface area contributed by atoms with Crippen molar-refractivity contribution in [3.05, 3.63) is 0 Å². The first kappa shape index (κ1) is 12.9. The van der Waals surface area contributed by atoms with Gasteiger partial charge in [-0.2, -0.15) is 0 Å². The summed E-state index contributed by atoms with van der Waals surface area (Å²) in [6.45, 7) is 4.21. The second-order valence-corrected chi connectivity index (χ2v) is 2.96. The van der Waals surface area contributed by atoms with Gasteiger partial charge in [-0.05, 0) is 13.8 Å². The van der Waals surface area contributed by atoms with E-state index in [2.05, 4.69) is 10.6 Å². The molecule has 5 nitrogen and oxygen atoms in total. The number of carbonyl (C=O) groups is 2. The largest absolute Gasteiger partial charge is 0.466 e. The van der Waals surface area contributed by atoms with Gasteiger partial charge in [0.05, 0.1) is 19.6 Å². The van der Waals surface area contributed by atoms with E-state index in [4.69, 9.17) is 4.74 Å². The minimum atomic E-state index is -0.246. The predicted molar refractivity (Wildman–Crippen MR) is 52.8 cm³/mol. The molecule has 0 saturated carbocycles. The summed E-state index contributed by atoms with van der Waals surface area (Å²) < 4.78 is 4.77. The van der Waals surface area contributed by atoms with Crippen LogP contribution < -0.4 is 10.6 Å². The molecule has 0 aliphatic heterocycles. The molecule has 0 spiro atoms. The van der Waals surface area contributed by atoms with E-state index >= 15 is 0 Å². The maximum Gasteiger partial charge on any atom is 0.307 e. The van der Waals surface area contributed by atoms with Gasteiger partial charge >= 0.3 is 5.97 Å². The van der Waals surface area contributed by atoms with Crippen LogP contribution in [0.1, 0.15) is 20.3 Å². The molecule has 5 heteroatoms. The number of likely N-dealkylation sites (N-methyl/N-ethyl adjacent to an activating group) is 1. The standard InChI is InChI=1S/C9H18N2O3/c1-4-14-9(13)5-7(2)11-6-8(12)10-3/h7,11H,4-6H2,1-3H3,(H,10,12). The molecule has 0 heterocycles. The molecule has 0 aromatic rings. The highest BCUT2D eigenvalue weighted by molar-refractivity contribution is 5.77. The fourth-order valence-corrected chi connectivity index (χ4v) is 0.897. The molecule has 1 unspecified atom stereocenters. The molecule has 0 aliphatic carbocycles. The van der Waals surface area contributed by atoms with Crippen molar-refractivity contribution in [2.24, 2.45) is 0 Å². The summed E-state index contributed by atoms with van der Waals surface area (Å²) in [5, 5.41) is 5.39. The highest BCUT2D eigenvalue weighted by Crippen LogP contribution is 1.93. The summed E-state index contributed by atoms with van der Waals surface area (Å²) in [4.78, 5) is 21.8. The van der Waals surface area contributed by atoms with Crippen molar-refractivity contribution in [1.82, 2.24) is 10.6 Å². The van der Waals surface area contributed by atoms with E-state index in [1.165, 1.54) is 0 Å². The number of rotatable bonds is 6. The Labute approximate surface area is 84.2 Å². The van der Waals surface area contributed by atoms with E-state index in [9.17, 15) is 9.59 Å². The van der Waals surface area contributed by atoms with Gasteiger partial charge in [-0.15, -0.1) is 0 Å². The molecule has 82 valence electrons. The van der Waals surface area contributed by atoms with E-state index in [0.29, 0.717) is 6.61 Å². The van der Waals surface area contributed by atoms with Crippen molar-refractivity contribution in [3.63, 3.8) is 0 Å². The van der Waals surface area contributed by atoms with Crippen molar-refractivity contribution < 1.29 is 14.3 Å². The van der Waals surface area contributed by atoms with Crippen LogP contribution in [0, 0.1) is 0 Å². The third-order valence-electron chi connectivity index (χ3n) is 1.67. The van der Waals surface area contributed by atoms with Gasteiger partial charge in [-0.3, -0.25) is 9.59 Å². The van der Waals surface area contributed by atoms with E-state index in [0.717, 1.165) is 0 Å². The smallest absolute Gasteiger partial charge is 0.307 e. The number of hydrogen-bond acceptors (Lipinski definition) is 4. The lowest BCUT2D eigenvalue weighted by atomic mass is 10.2. The molecule has 0 radical (unpaired) electrons. The van der Waals surface area contributed by atoms with Gasteiger partial charge < -0.3 is 15.4 Å². The Bertz CT molecular complexity index is 194. The molecular formula is C9H18N2O3. The highest BCUT2D eigenvalue weighted by atomic mass is 16.5. The lowest BCUT2D eigenvalue weighted by Gasteiger charge is -2.11. The summed E-state index contributed by atoms with van der Waals surface area (Å²) in [7, 11) is 1.57. The highest BCUT2D eigenvalue weighted by Gasteiger charge is 2.09. The van der Waals surface area contributed by atoms with Crippen LogP contribution >= 0.6 is 0 Å². The normalized spacial score (nSPS) is 11.9. The summed E-state index contributed by atoms with van der Waals surface area (Å²) in [6.07, 6.45) is 0.283. The van der Waals surface area contributed by atoms with Gasteiger partial charge in [-0.1, -0.05) is 0 Å². The molecule has 2 N–H and O–H groups in total. The third kappa shape index (κ3) is 6.42. The van der Waals surface area contributed by atoms with Crippen molar-refractivity contribution in [3.8, 4) is 0 Å². The first-order valence-corrected chi connectivity index (χ1v) is 4.69. The second kappa shape index (κ2) is 7.32. The van der Waals surface area contributed by atoms with Crippen molar-refractivity contribution in [2.45, 2.75) is 26.3 Å². The minimum absolute atomic E-state index is 0.0497. The maximum absolute atomic E-state index is 11.0. The van der Waals surface area contributed by atoms with E-state index in [-0.39, 0.29) is 30.9 Å². The zero-order chi connectivity index (χ0) is 11.0.